The van der Waals surface area contributed by atoms with Gasteiger partial charge in [0.05, 0.1) is 12.1 Å². The van der Waals surface area contributed by atoms with Crippen molar-refractivity contribution in [3.63, 3.8) is 0 Å². The summed E-state index contributed by atoms with van der Waals surface area (Å²) in [5.41, 5.74) is 2.69. The van der Waals surface area contributed by atoms with Crippen LogP contribution >= 0.6 is 38.6 Å². The molecule has 3 aromatic rings. The highest BCUT2D eigenvalue weighted by atomic mass is 79.9. The molecular formula is C16H16BrN3OS2. The summed E-state index contributed by atoms with van der Waals surface area (Å²) in [6.07, 6.45) is 1.78. The predicted octanol–water partition coefficient (Wildman–Crippen LogP) is 4.65. The van der Waals surface area contributed by atoms with Crippen molar-refractivity contribution in [2.24, 2.45) is 0 Å². The molecule has 0 spiro atoms. The van der Waals surface area contributed by atoms with E-state index in [1.54, 1.807) is 33.8 Å². The Kier molecular flexibility index (Phi) is 4.70. The van der Waals surface area contributed by atoms with Crippen molar-refractivity contribution in [2.75, 3.05) is 7.05 Å². The number of hydrogen-bond acceptors (Lipinski definition) is 4. The number of nitrogens with zero attached hydrogens (tertiary/aromatic N) is 3. The zero-order valence-corrected chi connectivity index (χ0v) is 16.3. The Labute approximate surface area is 151 Å². The van der Waals surface area contributed by atoms with Crippen molar-refractivity contribution in [3.05, 3.63) is 55.4 Å². The molecule has 0 fully saturated rings. The highest BCUT2D eigenvalue weighted by molar-refractivity contribution is 9.10. The first-order chi connectivity index (χ1) is 11.0. The van der Waals surface area contributed by atoms with Gasteiger partial charge in [0.2, 0.25) is 0 Å². The van der Waals surface area contributed by atoms with Gasteiger partial charge in [-0.2, -0.15) is 0 Å². The fourth-order valence-electron chi connectivity index (χ4n) is 2.55. The topological polar surface area (TPSA) is 38.1 Å². The Morgan fingerprint density at radius 1 is 1.35 bits per heavy atom. The number of halogens is 1. The molecule has 0 N–H and O–H groups in total. The van der Waals surface area contributed by atoms with E-state index in [2.05, 4.69) is 20.9 Å². The zero-order valence-electron chi connectivity index (χ0n) is 13.0. The molecule has 0 unspecified atom stereocenters. The van der Waals surface area contributed by atoms with Gasteiger partial charge < -0.3 is 4.90 Å². The smallest absolute Gasteiger partial charge is 0.255 e. The molecule has 3 heterocycles. The lowest BCUT2D eigenvalue weighted by molar-refractivity contribution is 0.0786. The molecule has 1 amide bonds. The van der Waals surface area contributed by atoms with Gasteiger partial charge >= 0.3 is 0 Å². The first-order valence-corrected chi connectivity index (χ1v) is 9.59. The Morgan fingerprint density at radius 2 is 2.13 bits per heavy atom. The minimum atomic E-state index is 0.0328. The normalized spacial score (nSPS) is 11.0. The molecule has 4 nitrogen and oxygen atoms in total. The maximum absolute atomic E-state index is 12.8. The van der Waals surface area contributed by atoms with Gasteiger partial charge in [0.1, 0.15) is 0 Å². The van der Waals surface area contributed by atoms with Crippen LogP contribution in [0.25, 0.3) is 5.13 Å². The standard InChI is InChI=1S/C16H16BrN3OS2/c1-10-6-14(11(2)20(10)16-18-4-5-22-16)15(21)19(3)8-13-7-12(17)9-23-13/h4-7,9H,8H2,1-3H3. The summed E-state index contributed by atoms with van der Waals surface area (Å²) in [4.78, 5) is 20.1. The van der Waals surface area contributed by atoms with Crippen molar-refractivity contribution in [1.82, 2.24) is 14.5 Å². The Balaban J connectivity index is 1.86. The lowest BCUT2D eigenvalue weighted by Gasteiger charge is -2.16. The van der Waals surface area contributed by atoms with E-state index in [1.807, 2.05) is 48.4 Å². The summed E-state index contributed by atoms with van der Waals surface area (Å²) < 4.78 is 3.09. The van der Waals surface area contributed by atoms with Gasteiger partial charge in [0, 0.05) is 44.7 Å². The van der Waals surface area contributed by atoms with Crippen molar-refractivity contribution >= 4 is 44.5 Å². The number of carbonyl (C=O) groups is 1. The quantitative estimate of drug-likeness (QED) is 0.628. The summed E-state index contributed by atoms with van der Waals surface area (Å²) >= 11 is 6.66. The van der Waals surface area contributed by atoms with Crippen LogP contribution in [-0.2, 0) is 6.54 Å². The van der Waals surface area contributed by atoms with Gasteiger partial charge in [-0.15, -0.1) is 22.7 Å². The van der Waals surface area contributed by atoms with Gasteiger partial charge in [-0.1, -0.05) is 0 Å². The molecule has 7 heteroatoms. The molecule has 23 heavy (non-hydrogen) atoms. The van der Waals surface area contributed by atoms with Crippen molar-refractivity contribution in [1.29, 1.82) is 0 Å². The number of aryl methyl sites for hydroxylation is 1. The highest BCUT2D eigenvalue weighted by Gasteiger charge is 2.20. The van der Waals surface area contributed by atoms with Crippen LogP contribution in [0, 0.1) is 13.8 Å². The summed E-state index contributed by atoms with van der Waals surface area (Å²) in [6, 6.07) is 3.99. The van der Waals surface area contributed by atoms with E-state index in [0.29, 0.717) is 6.54 Å². The molecule has 0 saturated carbocycles. The molecule has 3 aromatic heterocycles. The monoisotopic (exact) mass is 409 g/mol. The number of aromatic nitrogens is 2. The number of carbonyl (C=O) groups excluding carboxylic acids is 1. The molecule has 0 aliphatic rings. The lowest BCUT2D eigenvalue weighted by atomic mass is 10.2. The Morgan fingerprint density at radius 3 is 2.74 bits per heavy atom. The predicted molar refractivity (Wildman–Crippen MR) is 98.7 cm³/mol. The van der Waals surface area contributed by atoms with Crippen molar-refractivity contribution in [3.8, 4) is 5.13 Å². The molecule has 0 atom stereocenters. The summed E-state index contributed by atoms with van der Waals surface area (Å²) in [7, 11) is 1.84. The van der Waals surface area contributed by atoms with Crippen LogP contribution < -0.4 is 0 Å². The Bertz CT molecular complexity index is 836. The minimum absolute atomic E-state index is 0.0328. The van der Waals surface area contributed by atoms with Crippen LogP contribution in [0.2, 0.25) is 0 Å². The number of rotatable bonds is 4. The first kappa shape index (κ1) is 16.4. The van der Waals surface area contributed by atoms with Crippen LogP contribution in [0.4, 0.5) is 0 Å². The second-order valence-electron chi connectivity index (χ2n) is 5.33. The SMILES string of the molecule is Cc1cc(C(=O)N(C)Cc2cc(Br)cs2)c(C)n1-c1nccs1. The Hall–Kier alpha value is -1.44. The third-order valence-corrected chi connectivity index (χ3v) is 6.07. The second-order valence-corrected chi connectivity index (χ2v) is 8.11. The van der Waals surface area contributed by atoms with Crippen LogP contribution in [0.15, 0.2) is 33.6 Å². The molecule has 0 saturated heterocycles. The van der Waals surface area contributed by atoms with E-state index in [-0.39, 0.29) is 5.91 Å². The fourth-order valence-corrected chi connectivity index (χ4v) is 4.80. The maximum atomic E-state index is 12.8. The van der Waals surface area contributed by atoms with Crippen LogP contribution in [0.5, 0.6) is 0 Å². The molecule has 0 bridgehead atoms. The van der Waals surface area contributed by atoms with E-state index < -0.39 is 0 Å². The average molecular weight is 410 g/mol. The largest absolute Gasteiger partial charge is 0.337 e. The number of thiazole rings is 1. The van der Waals surface area contributed by atoms with Gasteiger partial charge in [-0.25, -0.2) is 4.98 Å². The van der Waals surface area contributed by atoms with Crippen LogP contribution in [0.3, 0.4) is 0 Å². The number of hydrogen-bond donors (Lipinski definition) is 0. The van der Waals surface area contributed by atoms with E-state index in [9.17, 15) is 4.79 Å². The maximum Gasteiger partial charge on any atom is 0.255 e. The first-order valence-electron chi connectivity index (χ1n) is 7.04. The van der Waals surface area contributed by atoms with Crippen LogP contribution in [0.1, 0.15) is 26.6 Å². The van der Waals surface area contributed by atoms with Crippen molar-refractivity contribution < 1.29 is 4.79 Å². The molecule has 120 valence electrons. The van der Waals surface area contributed by atoms with E-state index in [0.717, 1.165) is 31.4 Å². The highest BCUT2D eigenvalue weighted by Crippen LogP contribution is 2.25. The van der Waals surface area contributed by atoms with E-state index in [1.165, 1.54) is 0 Å². The minimum Gasteiger partial charge on any atom is -0.337 e. The summed E-state index contributed by atoms with van der Waals surface area (Å²) in [5.74, 6) is 0.0328. The zero-order chi connectivity index (χ0) is 16.6. The molecular weight excluding hydrogens is 394 g/mol. The molecule has 0 aliphatic carbocycles. The number of thiophene rings is 1. The molecule has 0 aliphatic heterocycles. The van der Waals surface area contributed by atoms with Crippen molar-refractivity contribution in [2.45, 2.75) is 20.4 Å². The van der Waals surface area contributed by atoms with E-state index in [4.69, 9.17) is 0 Å². The molecule has 0 radical (unpaired) electrons. The van der Waals surface area contributed by atoms with E-state index >= 15 is 0 Å². The summed E-state index contributed by atoms with van der Waals surface area (Å²) in [6.45, 7) is 4.58. The molecule has 0 aromatic carbocycles. The third kappa shape index (κ3) is 3.27. The summed E-state index contributed by atoms with van der Waals surface area (Å²) in [5, 5.41) is 4.86. The van der Waals surface area contributed by atoms with Gasteiger partial charge in [-0.3, -0.25) is 9.36 Å². The second kappa shape index (κ2) is 6.59. The third-order valence-electron chi connectivity index (χ3n) is 3.63. The van der Waals surface area contributed by atoms with Gasteiger partial charge in [0.25, 0.3) is 5.91 Å². The van der Waals surface area contributed by atoms with Crippen LogP contribution in [-0.4, -0.2) is 27.4 Å². The number of amides is 1. The van der Waals surface area contributed by atoms with Gasteiger partial charge in [-0.05, 0) is 41.9 Å². The fraction of sp³-hybridized carbons (Fsp3) is 0.250. The molecule has 3 rings (SSSR count). The average Bonchev–Trinajstić information content (AvgIpc) is 3.20. The van der Waals surface area contributed by atoms with Gasteiger partial charge in [0.15, 0.2) is 5.13 Å². The lowest BCUT2D eigenvalue weighted by Crippen LogP contribution is -2.26.